The standard InChI is InChI=1S/C24H27ClO6/c25-19-15(9-12-1-3-13(4-2-12)14-5-6-14)10-17(16-7-8-30-23(16)19)24-22(29)21(28)20(27)18(11-26)31-24/h1-4,10,14,18,20-22,24,26-29H,5-9,11H2/t18?,20-,21+,22-,24+/m1/s1. The van der Waals surface area contributed by atoms with Gasteiger partial charge in [-0.25, -0.2) is 0 Å². The molecule has 4 N–H and O–H groups in total. The number of hydrogen-bond acceptors (Lipinski definition) is 6. The van der Waals surface area contributed by atoms with E-state index in [0.717, 1.165) is 16.7 Å². The second-order valence-electron chi connectivity index (χ2n) is 8.79. The molecule has 2 aromatic rings. The normalized spacial score (nSPS) is 30.2. The lowest BCUT2D eigenvalue weighted by Gasteiger charge is -2.40. The van der Waals surface area contributed by atoms with Crippen molar-refractivity contribution < 1.29 is 29.9 Å². The van der Waals surface area contributed by atoms with Crippen LogP contribution in [-0.4, -0.2) is 58.1 Å². The van der Waals surface area contributed by atoms with E-state index in [2.05, 4.69) is 24.3 Å². The molecule has 7 heteroatoms. The Morgan fingerprint density at radius 3 is 2.42 bits per heavy atom. The number of aliphatic hydroxyl groups is 4. The van der Waals surface area contributed by atoms with Gasteiger partial charge in [-0.3, -0.25) is 0 Å². The van der Waals surface area contributed by atoms with E-state index in [4.69, 9.17) is 21.1 Å². The SMILES string of the molecule is OCC1O[C@@H](c2cc(Cc3ccc(C4CC4)cc3)c(Cl)c3c2CCO3)[C@H](O)[C@@H](O)[C@@H]1O. The Hall–Kier alpha value is -1.67. The Labute approximate surface area is 186 Å². The molecule has 31 heavy (non-hydrogen) atoms. The van der Waals surface area contributed by atoms with Gasteiger partial charge in [0.25, 0.3) is 0 Å². The number of halogens is 1. The molecular formula is C24H27ClO6. The fourth-order valence-electron chi connectivity index (χ4n) is 4.70. The summed E-state index contributed by atoms with van der Waals surface area (Å²) in [5, 5.41) is 41.2. The van der Waals surface area contributed by atoms with Gasteiger partial charge in [0.2, 0.25) is 0 Å². The van der Waals surface area contributed by atoms with Crippen LogP contribution in [0.1, 0.15) is 52.7 Å². The fourth-order valence-corrected chi connectivity index (χ4v) is 4.99. The zero-order valence-electron chi connectivity index (χ0n) is 17.1. The van der Waals surface area contributed by atoms with Crippen molar-refractivity contribution in [3.63, 3.8) is 0 Å². The summed E-state index contributed by atoms with van der Waals surface area (Å²) in [4.78, 5) is 0. The summed E-state index contributed by atoms with van der Waals surface area (Å²) >= 11 is 6.69. The first-order valence-electron chi connectivity index (χ1n) is 10.8. The zero-order valence-corrected chi connectivity index (χ0v) is 17.8. The summed E-state index contributed by atoms with van der Waals surface area (Å²) in [5.41, 5.74) is 4.84. The molecule has 2 fully saturated rings. The van der Waals surface area contributed by atoms with E-state index >= 15 is 0 Å². The van der Waals surface area contributed by atoms with Gasteiger partial charge in [0.15, 0.2) is 0 Å². The molecule has 2 aliphatic heterocycles. The number of aliphatic hydroxyl groups excluding tert-OH is 4. The monoisotopic (exact) mass is 446 g/mol. The highest BCUT2D eigenvalue weighted by Gasteiger charge is 2.45. The minimum Gasteiger partial charge on any atom is -0.491 e. The molecule has 0 aromatic heterocycles. The van der Waals surface area contributed by atoms with Crippen LogP contribution in [0.15, 0.2) is 30.3 Å². The Bertz CT molecular complexity index is 956. The van der Waals surface area contributed by atoms with Crippen LogP contribution in [0.3, 0.4) is 0 Å². The summed E-state index contributed by atoms with van der Waals surface area (Å²) in [6.07, 6.45) is -2.31. The molecule has 6 nitrogen and oxygen atoms in total. The summed E-state index contributed by atoms with van der Waals surface area (Å²) in [6, 6.07) is 10.5. The van der Waals surface area contributed by atoms with Crippen molar-refractivity contribution in [1.29, 1.82) is 0 Å². The highest BCUT2D eigenvalue weighted by molar-refractivity contribution is 6.33. The van der Waals surface area contributed by atoms with Gasteiger partial charge in [0, 0.05) is 12.0 Å². The number of hydrogen-bond donors (Lipinski definition) is 4. The molecule has 0 radical (unpaired) electrons. The first-order chi connectivity index (χ1) is 15.0. The van der Waals surface area contributed by atoms with Crippen LogP contribution < -0.4 is 4.74 Å². The fraction of sp³-hybridized carbons (Fsp3) is 0.500. The van der Waals surface area contributed by atoms with Crippen LogP contribution in [-0.2, 0) is 17.6 Å². The van der Waals surface area contributed by atoms with Gasteiger partial charge < -0.3 is 29.9 Å². The van der Waals surface area contributed by atoms with Crippen molar-refractivity contribution in [1.82, 2.24) is 0 Å². The predicted octanol–water partition coefficient (Wildman–Crippen LogP) is 2.26. The molecule has 5 rings (SSSR count). The third kappa shape index (κ3) is 3.86. The van der Waals surface area contributed by atoms with Gasteiger partial charge in [0.05, 0.1) is 18.2 Å². The summed E-state index contributed by atoms with van der Waals surface area (Å²) < 4.78 is 11.6. The molecule has 1 aliphatic carbocycles. The first-order valence-corrected chi connectivity index (χ1v) is 11.2. The molecule has 1 saturated heterocycles. The second-order valence-corrected chi connectivity index (χ2v) is 9.17. The van der Waals surface area contributed by atoms with Crippen LogP contribution >= 0.6 is 11.6 Å². The lowest BCUT2D eigenvalue weighted by Crippen LogP contribution is -2.55. The quantitative estimate of drug-likeness (QED) is 0.562. The van der Waals surface area contributed by atoms with Gasteiger partial charge >= 0.3 is 0 Å². The lowest BCUT2D eigenvalue weighted by molar-refractivity contribution is -0.231. The molecule has 0 amide bonds. The highest BCUT2D eigenvalue weighted by Crippen LogP contribution is 2.45. The third-order valence-corrected chi connectivity index (χ3v) is 7.07. The van der Waals surface area contributed by atoms with Gasteiger partial charge in [-0.1, -0.05) is 41.9 Å². The van der Waals surface area contributed by atoms with Crippen LogP contribution in [0, 0.1) is 0 Å². The molecule has 0 bridgehead atoms. The molecule has 3 aliphatic rings. The predicted molar refractivity (Wildman–Crippen MR) is 115 cm³/mol. The first kappa shape index (κ1) is 21.2. The summed E-state index contributed by atoms with van der Waals surface area (Å²) in [7, 11) is 0. The molecular weight excluding hydrogens is 420 g/mol. The Morgan fingerprint density at radius 1 is 1.00 bits per heavy atom. The van der Waals surface area contributed by atoms with Gasteiger partial charge in [-0.05, 0) is 47.4 Å². The number of ether oxygens (including phenoxy) is 2. The van der Waals surface area contributed by atoms with E-state index in [1.54, 1.807) is 0 Å². The van der Waals surface area contributed by atoms with Gasteiger partial charge in [-0.15, -0.1) is 0 Å². The average Bonchev–Trinajstić information content (AvgIpc) is 3.51. The van der Waals surface area contributed by atoms with E-state index in [0.29, 0.717) is 41.7 Å². The van der Waals surface area contributed by atoms with E-state index in [1.807, 2.05) is 6.07 Å². The summed E-state index contributed by atoms with van der Waals surface area (Å²) in [5.74, 6) is 1.28. The topological polar surface area (TPSA) is 99.4 Å². The van der Waals surface area contributed by atoms with E-state index in [1.165, 1.54) is 18.4 Å². The maximum absolute atomic E-state index is 10.7. The van der Waals surface area contributed by atoms with Crippen molar-refractivity contribution in [2.24, 2.45) is 0 Å². The van der Waals surface area contributed by atoms with Crippen molar-refractivity contribution in [2.45, 2.75) is 62.1 Å². The highest BCUT2D eigenvalue weighted by atomic mass is 35.5. The molecule has 0 spiro atoms. The van der Waals surface area contributed by atoms with Crippen LogP contribution in [0.25, 0.3) is 0 Å². The Balaban J connectivity index is 1.50. The second kappa shape index (κ2) is 8.35. The van der Waals surface area contributed by atoms with Crippen LogP contribution in [0.2, 0.25) is 5.02 Å². The maximum atomic E-state index is 10.7. The molecule has 2 heterocycles. The van der Waals surface area contributed by atoms with Crippen LogP contribution in [0.4, 0.5) is 0 Å². The van der Waals surface area contributed by atoms with E-state index in [-0.39, 0.29) is 0 Å². The molecule has 1 saturated carbocycles. The number of fused-ring (bicyclic) bond motifs is 1. The van der Waals surface area contributed by atoms with Gasteiger partial charge in [-0.2, -0.15) is 0 Å². The minimum absolute atomic E-state index is 0.464. The number of benzene rings is 2. The number of rotatable bonds is 5. The minimum atomic E-state index is -1.43. The Morgan fingerprint density at radius 2 is 1.74 bits per heavy atom. The average molecular weight is 447 g/mol. The van der Waals surface area contributed by atoms with E-state index < -0.39 is 37.1 Å². The van der Waals surface area contributed by atoms with Crippen molar-refractivity contribution >= 4 is 11.6 Å². The Kier molecular flexibility index (Phi) is 5.71. The molecule has 2 aromatic carbocycles. The zero-order chi connectivity index (χ0) is 21.7. The van der Waals surface area contributed by atoms with Crippen molar-refractivity contribution in [3.05, 3.63) is 63.2 Å². The lowest BCUT2D eigenvalue weighted by atomic mass is 9.87. The summed E-state index contributed by atoms with van der Waals surface area (Å²) in [6.45, 7) is 0.00689. The van der Waals surface area contributed by atoms with Crippen molar-refractivity contribution in [3.8, 4) is 5.75 Å². The molecule has 5 atom stereocenters. The molecule has 1 unspecified atom stereocenters. The smallest absolute Gasteiger partial charge is 0.141 e. The van der Waals surface area contributed by atoms with Crippen molar-refractivity contribution in [2.75, 3.05) is 13.2 Å². The maximum Gasteiger partial charge on any atom is 0.141 e. The van der Waals surface area contributed by atoms with Crippen LogP contribution in [0.5, 0.6) is 5.75 Å². The van der Waals surface area contributed by atoms with E-state index in [9.17, 15) is 20.4 Å². The third-order valence-electron chi connectivity index (χ3n) is 6.65. The molecule has 166 valence electrons. The van der Waals surface area contributed by atoms with Gasteiger partial charge in [0.1, 0.15) is 36.3 Å². The largest absolute Gasteiger partial charge is 0.491 e.